The van der Waals surface area contributed by atoms with Gasteiger partial charge in [-0.15, -0.1) is 0 Å². The van der Waals surface area contributed by atoms with Gasteiger partial charge in [-0.25, -0.2) is 14.6 Å². The molecule has 0 saturated heterocycles. The van der Waals surface area contributed by atoms with E-state index in [1.807, 2.05) is 12.1 Å². The highest BCUT2D eigenvalue weighted by Gasteiger charge is 2.24. The van der Waals surface area contributed by atoms with Gasteiger partial charge in [-0.2, -0.15) is 9.46 Å². The molecule has 13 heteroatoms. The molecule has 0 spiro atoms. The first kappa shape index (κ1) is 31.6. The predicted molar refractivity (Wildman–Crippen MR) is 168 cm³/mol. The van der Waals surface area contributed by atoms with E-state index in [1.165, 1.54) is 41.6 Å². The monoisotopic (exact) mass is 627 g/mol. The normalized spacial score (nSPS) is 10.9. The molecule has 0 fully saturated rings. The number of hydrogen-bond acceptors (Lipinski definition) is 9. The van der Waals surface area contributed by atoms with Crippen LogP contribution in [-0.2, 0) is 22.4 Å². The van der Waals surface area contributed by atoms with E-state index in [9.17, 15) is 19.2 Å². The molecule has 46 heavy (non-hydrogen) atoms. The highest BCUT2D eigenvalue weighted by molar-refractivity contribution is 6.02. The third kappa shape index (κ3) is 6.93. The number of benzene rings is 2. The molecule has 0 radical (unpaired) electrons. The molecule has 3 heterocycles. The van der Waals surface area contributed by atoms with Gasteiger partial charge < -0.3 is 29.8 Å². The van der Waals surface area contributed by atoms with Gasteiger partial charge in [0, 0.05) is 56.3 Å². The van der Waals surface area contributed by atoms with Gasteiger partial charge >= 0.3 is 11.9 Å². The van der Waals surface area contributed by atoms with Gasteiger partial charge in [0.05, 0.1) is 30.8 Å². The van der Waals surface area contributed by atoms with Crippen molar-refractivity contribution >= 4 is 45.6 Å². The number of carbonyl (C=O) groups is 4. The molecule has 0 aliphatic carbocycles. The average Bonchev–Trinajstić information content (AvgIpc) is 3.56. The lowest BCUT2D eigenvalue weighted by atomic mass is 10.1. The van der Waals surface area contributed by atoms with E-state index in [1.54, 1.807) is 50.9 Å². The lowest BCUT2D eigenvalue weighted by Gasteiger charge is -2.10. The first-order chi connectivity index (χ1) is 22.2. The second-order valence-electron chi connectivity index (χ2n) is 10.3. The summed E-state index contributed by atoms with van der Waals surface area (Å²) < 4.78 is 13.4. The SMILES string of the molecule is COc1ccc2c(c1)c(CCNC(C)=O)cn2OC(=O)c1cccnc1C(=O)On1cc(CCNC(C)=O)c2cc(OC)ccc21. The van der Waals surface area contributed by atoms with Gasteiger partial charge in [-0.3, -0.25) is 9.59 Å². The van der Waals surface area contributed by atoms with Crippen LogP contribution in [0.1, 0.15) is 45.8 Å². The summed E-state index contributed by atoms with van der Waals surface area (Å²) in [6.07, 6.45) is 5.62. The fourth-order valence-electron chi connectivity index (χ4n) is 5.04. The number of hydrogen-bond donors (Lipinski definition) is 2. The molecule has 0 unspecified atom stereocenters. The van der Waals surface area contributed by atoms with Crippen LogP contribution in [0.4, 0.5) is 0 Å². The van der Waals surface area contributed by atoms with E-state index in [0.29, 0.717) is 48.5 Å². The lowest BCUT2D eigenvalue weighted by molar-refractivity contribution is -0.119. The number of aromatic nitrogens is 3. The van der Waals surface area contributed by atoms with Crippen molar-refractivity contribution in [2.45, 2.75) is 26.7 Å². The number of ether oxygens (including phenoxy) is 2. The third-order valence-electron chi connectivity index (χ3n) is 7.24. The van der Waals surface area contributed by atoms with Crippen molar-refractivity contribution in [3.63, 3.8) is 0 Å². The zero-order chi connectivity index (χ0) is 32.8. The Balaban J connectivity index is 1.41. The quantitative estimate of drug-likeness (QED) is 0.213. The Kier molecular flexibility index (Phi) is 9.50. The predicted octanol–water partition coefficient (Wildman–Crippen LogP) is 2.90. The fourth-order valence-corrected chi connectivity index (χ4v) is 5.04. The summed E-state index contributed by atoms with van der Waals surface area (Å²) in [6.45, 7) is 3.64. The molecule has 0 aliphatic rings. The minimum atomic E-state index is -0.883. The average molecular weight is 628 g/mol. The number of pyridine rings is 1. The van der Waals surface area contributed by atoms with Crippen LogP contribution in [0.5, 0.6) is 11.5 Å². The van der Waals surface area contributed by atoms with Crippen LogP contribution < -0.4 is 29.8 Å². The van der Waals surface area contributed by atoms with E-state index < -0.39 is 11.9 Å². The molecular formula is C33H33N5O8. The van der Waals surface area contributed by atoms with E-state index in [0.717, 1.165) is 21.9 Å². The maximum atomic E-state index is 13.5. The Morgan fingerprint density at radius 1 is 0.717 bits per heavy atom. The lowest BCUT2D eigenvalue weighted by Crippen LogP contribution is -2.26. The standard InChI is InChI=1S/C33H33N5O8/c1-20(39)34-14-11-22-18-37(29-9-7-24(43-3)16-27(22)29)45-32(41)26-6-5-13-36-31(26)33(42)46-38-19-23(12-15-35-21(2)40)28-17-25(44-4)8-10-30(28)38/h5-10,13,16-19H,11-12,14-15H2,1-4H3,(H,34,39)(H,35,40). The van der Waals surface area contributed by atoms with Crippen molar-refractivity contribution in [2.24, 2.45) is 0 Å². The van der Waals surface area contributed by atoms with Crippen molar-refractivity contribution in [2.75, 3.05) is 27.3 Å². The summed E-state index contributed by atoms with van der Waals surface area (Å²) in [5.41, 5.74) is 2.43. The summed E-state index contributed by atoms with van der Waals surface area (Å²) in [6, 6.07) is 13.5. The number of methoxy groups -OCH3 is 2. The fraction of sp³-hybridized carbons (Fsp3) is 0.242. The zero-order valence-corrected chi connectivity index (χ0v) is 25.8. The maximum Gasteiger partial charge on any atom is 0.382 e. The number of rotatable bonds is 12. The van der Waals surface area contributed by atoms with Gasteiger partial charge in [0.2, 0.25) is 11.8 Å². The topological polar surface area (TPSA) is 152 Å². The molecule has 238 valence electrons. The molecule has 0 aliphatic heterocycles. The van der Waals surface area contributed by atoms with Gasteiger partial charge in [-0.1, -0.05) is 0 Å². The Hall–Kier alpha value is -5.85. The second-order valence-corrected chi connectivity index (χ2v) is 10.3. The highest BCUT2D eigenvalue weighted by Crippen LogP contribution is 2.28. The van der Waals surface area contributed by atoms with Gasteiger partial charge in [-0.05, 0) is 72.5 Å². The van der Waals surface area contributed by atoms with Crippen LogP contribution in [0, 0.1) is 0 Å². The second kappa shape index (κ2) is 13.8. The van der Waals surface area contributed by atoms with E-state index in [2.05, 4.69) is 15.6 Å². The number of nitrogens with zero attached hydrogens (tertiary/aromatic N) is 3. The minimum Gasteiger partial charge on any atom is -0.497 e. The van der Waals surface area contributed by atoms with Crippen LogP contribution >= 0.6 is 0 Å². The van der Waals surface area contributed by atoms with Crippen molar-refractivity contribution in [1.82, 2.24) is 25.1 Å². The molecule has 5 rings (SSSR count). The molecular weight excluding hydrogens is 594 g/mol. The van der Waals surface area contributed by atoms with Crippen LogP contribution in [0.25, 0.3) is 21.8 Å². The number of amides is 2. The van der Waals surface area contributed by atoms with Crippen LogP contribution in [0.3, 0.4) is 0 Å². The van der Waals surface area contributed by atoms with Crippen LogP contribution in [0.2, 0.25) is 0 Å². The first-order valence-electron chi connectivity index (χ1n) is 14.4. The molecule has 2 N–H and O–H groups in total. The Morgan fingerprint density at radius 3 is 1.70 bits per heavy atom. The molecule has 0 atom stereocenters. The molecule has 2 amide bonds. The number of nitrogens with one attached hydrogen (secondary N) is 2. The number of carbonyl (C=O) groups excluding carboxylic acids is 4. The van der Waals surface area contributed by atoms with Crippen LogP contribution in [-0.4, -0.2) is 65.5 Å². The van der Waals surface area contributed by atoms with Gasteiger partial charge in [0.1, 0.15) is 11.5 Å². The maximum absolute atomic E-state index is 13.5. The smallest absolute Gasteiger partial charge is 0.382 e. The van der Waals surface area contributed by atoms with Gasteiger partial charge in [0.25, 0.3) is 0 Å². The Morgan fingerprint density at radius 2 is 1.22 bits per heavy atom. The van der Waals surface area contributed by atoms with Crippen molar-refractivity contribution < 1.29 is 38.3 Å². The highest BCUT2D eigenvalue weighted by atomic mass is 16.7. The summed E-state index contributed by atoms with van der Waals surface area (Å²) in [5, 5.41) is 7.07. The van der Waals surface area contributed by atoms with Crippen molar-refractivity contribution in [1.29, 1.82) is 0 Å². The third-order valence-corrected chi connectivity index (χ3v) is 7.24. The van der Waals surface area contributed by atoms with E-state index in [-0.39, 0.29) is 23.1 Å². The molecule has 13 nitrogen and oxygen atoms in total. The van der Waals surface area contributed by atoms with Crippen molar-refractivity contribution in [3.05, 3.63) is 89.5 Å². The molecule has 0 bridgehead atoms. The minimum absolute atomic E-state index is 0.105. The van der Waals surface area contributed by atoms with E-state index >= 15 is 0 Å². The Labute approximate surface area is 263 Å². The summed E-state index contributed by atoms with van der Waals surface area (Å²) in [5.74, 6) is -0.801. The van der Waals surface area contributed by atoms with Gasteiger partial charge in [0.15, 0.2) is 5.69 Å². The largest absolute Gasteiger partial charge is 0.497 e. The summed E-state index contributed by atoms with van der Waals surface area (Å²) in [4.78, 5) is 65.4. The molecule has 3 aromatic heterocycles. The molecule has 5 aromatic rings. The summed E-state index contributed by atoms with van der Waals surface area (Å²) in [7, 11) is 3.11. The molecule has 2 aromatic carbocycles. The van der Waals surface area contributed by atoms with Crippen LogP contribution in [0.15, 0.2) is 67.1 Å². The number of fused-ring (bicyclic) bond motifs is 2. The zero-order valence-electron chi connectivity index (χ0n) is 25.8. The molecule has 0 saturated carbocycles. The first-order valence-corrected chi connectivity index (χ1v) is 14.4. The summed E-state index contributed by atoms with van der Waals surface area (Å²) >= 11 is 0. The van der Waals surface area contributed by atoms with Crippen molar-refractivity contribution in [3.8, 4) is 11.5 Å². The Bertz CT molecular complexity index is 1800. The van der Waals surface area contributed by atoms with E-state index in [4.69, 9.17) is 19.1 Å².